The molecule has 0 fully saturated rings. The van der Waals surface area contributed by atoms with E-state index in [0.29, 0.717) is 0 Å². The van der Waals surface area contributed by atoms with E-state index in [-0.39, 0.29) is 0 Å². The number of hydrogen-bond donors (Lipinski definition) is 0. The van der Waals surface area contributed by atoms with Gasteiger partial charge in [0.05, 0.1) is 0 Å². The van der Waals surface area contributed by atoms with Crippen molar-refractivity contribution in [2.45, 2.75) is 13.8 Å². The molecular formula is C44H30. The van der Waals surface area contributed by atoms with Gasteiger partial charge >= 0.3 is 0 Å². The SMILES string of the molecule is Cc1ccc(-c2c3ccccc3cc3ccccc23)cc1-c1c(C)ccc2c3ccccc3c3c4ccccc4ccc3c12. The van der Waals surface area contributed by atoms with E-state index in [0.717, 1.165) is 0 Å². The van der Waals surface area contributed by atoms with Gasteiger partial charge in [0.15, 0.2) is 0 Å². The number of benzene rings is 9. The minimum absolute atomic E-state index is 1.26. The molecule has 0 saturated carbocycles. The van der Waals surface area contributed by atoms with Gasteiger partial charge < -0.3 is 0 Å². The van der Waals surface area contributed by atoms with Gasteiger partial charge in [-0.15, -0.1) is 0 Å². The molecule has 0 amide bonds. The first kappa shape index (κ1) is 25.1. The first-order valence-electron chi connectivity index (χ1n) is 15.4. The molecule has 0 spiro atoms. The van der Waals surface area contributed by atoms with Gasteiger partial charge in [-0.25, -0.2) is 0 Å². The molecule has 0 aromatic heterocycles. The molecule has 9 aromatic rings. The Labute approximate surface area is 256 Å². The maximum absolute atomic E-state index is 2.45. The molecule has 0 atom stereocenters. The molecule has 0 radical (unpaired) electrons. The van der Waals surface area contributed by atoms with Crippen molar-refractivity contribution in [2.75, 3.05) is 0 Å². The summed E-state index contributed by atoms with van der Waals surface area (Å²) < 4.78 is 0. The van der Waals surface area contributed by atoms with E-state index < -0.39 is 0 Å². The summed E-state index contributed by atoms with van der Waals surface area (Å²) in [5.41, 5.74) is 7.77. The second kappa shape index (κ2) is 9.53. The molecule has 0 unspecified atom stereocenters. The third-order valence-electron chi connectivity index (χ3n) is 9.67. The molecule has 0 aliphatic rings. The van der Waals surface area contributed by atoms with Crippen LogP contribution in [0.5, 0.6) is 0 Å². The Hall–Kier alpha value is -5.46. The van der Waals surface area contributed by atoms with Gasteiger partial charge in [-0.1, -0.05) is 133 Å². The summed E-state index contributed by atoms with van der Waals surface area (Å²) in [7, 11) is 0. The summed E-state index contributed by atoms with van der Waals surface area (Å²) >= 11 is 0. The lowest BCUT2D eigenvalue weighted by atomic mass is 9.83. The van der Waals surface area contributed by atoms with Crippen LogP contribution in [0.15, 0.2) is 146 Å². The van der Waals surface area contributed by atoms with E-state index in [1.54, 1.807) is 0 Å². The number of aryl methyl sites for hydroxylation is 2. The largest absolute Gasteiger partial charge is 0.0616 e. The average molecular weight is 559 g/mol. The minimum Gasteiger partial charge on any atom is -0.0616 e. The van der Waals surface area contributed by atoms with Crippen molar-refractivity contribution in [1.82, 2.24) is 0 Å². The zero-order valence-electron chi connectivity index (χ0n) is 24.9. The molecular weight excluding hydrogens is 528 g/mol. The lowest BCUT2D eigenvalue weighted by Gasteiger charge is -2.20. The van der Waals surface area contributed by atoms with Crippen LogP contribution in [0.1, 0.15) is 11.1 Å². The molecule has 44 heavy (non-hydrogen) atoms. The smallest absolute Gasteiger partial charge is 0.00174 e. The lowest BCUT2D eigenvalue weighted by Crippen LogP contribution is -1.94. The van der Waals surface area contributed by atoms with E-state index in [2.05, 4.69) is 159 Å². The van der Waals surface area contributed by atoms with Gasteiger partial charge in [0.1, 0.15) is 0 Å². The van der Waals surface area contributed by atoms with Crippen LogP contribution in [-0.2, 0) is 0 Å². The zero-order valence-corrected chi connectivity index (χ0v) is 24.9. The second-order valence-electron chi connectivity index (χ2n) is 12.2. The summed E-state index contributed by atoms with van der Waals surface area (Å²) in [6.45, 7) is 4.54. The highest BCUT2D eigenvalue weighted by Crippen LogP contribution is 2.46. The van der Waals surface area contributed by atoms with Crippen LogP contribution >= 0.6 is 0 Å². The lowest BCUT2D eigenvalue weighted by molar-refractivity contribution is 1.43. The van der Waals surface area contributed by atoms with E-state index in [9.17, 15) is 0 Å². The van der Waals surface area contributed by atoms with Gasteiger partial charge in [0.2, 0.25) is 0 Å². The first-order valence-corrected chi connectivity index (χ1v) is 15.4. The molecule has 0 nitrogen and oxygen atoms in total. The molecule has 0 N–H and O–H groups in total. The van der Waals surface area contributed by atoms with Crippen molar-refractivity contribution < 1.29 is 0 Å². The van der Waals surface area contributed by atoms with Crippen LogP contribution in [0, 0.1) is 13.8 Å². The van der Waals surface area contributed by atoms with Crippen molar-refractivity contribution in [3.05, 3.63) is 157 Å². The van der Waals surface area contributed by atoms with Gasteiger partial charge in [-0.3, -0.25) is 0 Å². The highest BCUT2D eigenvalue weighted by Gasteiger charge is 2.19. The molecule has 0 aliphatic heterocycles. The highest BCUT2D eigenvalue weighted by molar-refractivity contribution is 6.34. The maximum atomic E-state index is 2.45. The number of hydrogen-bond acceptors (Lipinski definition) is 0. The Kier molecular flexibility index (Phi) is 5.43. The van der Waals surface area contributed by atoms with Gasteiger partial charge in [0.25, 0.3) is 0 Å². The summed E-state index contributed by atoms with van der Waals surface area (Å²) in [5.74, 6) is 0. The highest BCUT2D eigenvalue weighted by atomic mass is 14.2. The van der Waals surface area contributed by atoms with Gasteiger partial charge in [-0.05, 0) is 124 Å². The predicted octanol–water partition coefficient (Wildman–Crippen LogP) is 12.6. The maximum Gasteiger partial charge on any atom is -0.00174 e. The monoisotopic (exact) mass is 558 g/mol. The quantitative estimate of drug-likeness (QED) is 0.146. The Bertz CT molecular complexity index is 2560. The summed E-state index contributed by atoms with van der Waals surface area (Å²) in [4.78, 5) is 0. The fraction of sp³-hybridized carbons (Fsp3) is 0.0455. The molecule has 0 heterocycles. The van der Waals surface area contributed by atoms with Crippen LogP contribution < -0.4 is 0 Å². The van der Waals surface area contributed by atoms with Crippen molar-refractivity contribution >= 4 is 64.6 Å². The zero-order chi connectivity index (χ0) is 29.4. The van der Waals surface area contributed by atoms with E-state index in [1.807, 2.05) is 0 Å². The van der Waals surface area contributed by atoms with Gasteiger partial charge in [0, 0.05) is 0 Å². The molecule has 9 aromatic carbocycles. The van der Waals surface area contributed by atoms with Crippen LogP contribution in [0.2, 0.25) is 0 Å². The summed E-state index contributed by atoms with van der Waals surface area (Å²) in [6.07, 6.45) is 0. The van der Waals surface area contributed by atoms with Crippen LogP contribution in [-0.4, -0.2) is 0 Å². The third-order valence-corrected chi connectivity index (χ3v) is 9.67. The molecule has 0 heteroatoms. The first-order chi connectivity index (χ1) is 21.7. The number of fused-ring (bicyclic) bond motifs is 10. The summed E-state index contributed by atoms with van der Waals surface area (Å²) in [6, 6.07) is 54.1. The number of rotatable bonds is 2. The van der Waals surface area contributed by atoms with Crippen LogP contribution in [0.25, 0.3) is 86.9 Å². The molecule has 0 saturated heterocycles. The Balaban J connectivity index is 1.44. The molecule has 0 aliphatic carbocycles. The van der Waals surface area contributed by atoms with Crippen molar-refractivity contribution in [1.29, 1.82) is 0 Å². The van der Waals surface area contributed by atoms with Crippen molar-refractivity contribution in [3.8, 4) is 22.3 Å². The Morgan fingerprint density at radius 2 is 0.864 bits per heavy atom. The van der Waals surface area contributed by atoms with Gasteiger partial charge in [-0.2, -0.15) is 0 Å². The van der Waals surface area contributed by atoms with Crippen LogP contribution in [0.4, 0.5) is 0 Å². The fourth-order valence-electron chi connectivity index (χ4n) is 7.64. The van der Waals surface area contributed by atoms with E-state index in [4.69, 9.17) is 0 Å². The van der Waals surface area contributed by atoms with E-state index in [1.165, 1.54) is 98.0 Å². The predicted molar refractivity (Wildman–Crippen MR) is 192 cm³/mol. The fourth-order valence-corrected chi connectivity index (χ4v) is 7.64. The third kappa shape index (κ3) is 3.58. The topological polar surface area (TPSA) is 0 Å². The Morgan fingerprint density at radius 1 is 0.318 bits per heavy atom. The van der Waals surface area contributed by atoms with E-state index >= 15 is 0 Å². The normalized spacial score (nSPS) is 11.9. The minimum atomic E-state index is 1.26. The molecule has 206 valence electrons. The summed E-state index contributed by atoms with van der Waals surface area (Å²) in [5, 5.41) is 15.6. The molecule has 0 bridgehead atoms. The van der Waals surface area contributed by atoms with Crippen molar-refractivity contribution in [2.24, 2.45) is 0 Å². The second-order valence-corrected chi connectivity index (χ2v) is 12.2. The standard InChI is InChI=1S/C44H30/c1-27-19-21-32(42-34-15-7-4-12-30(34)25-31-13-5-8-16-35(31)42)26-40(27)41-28(2)20-23-38-36-17-9-10-18-37(36)43-33-14-6-3-11-29(33)22-24-39(43)44(38)41/h3-26H,1-2H3. The average Bonchev–Trinajstić information content (AvgIpc) is 3.07. The van der Waals surface area contributed by atoms with Crippen LogP contribution in [0.3, 0.4) is 0 Å². The Morgan fingerprint density at radius 3 is 1.59 bits per heavy atom. The van der Waals surface area contributed by atoms with Crippen molar-refractivity contribution in [3.63, 3.8) is 0 Å². The molecule has 9 rings (SSSR count).